The van der Waals surface area contributed by atoms with E-state index in [9.17, 15) is 9.90 Å². The standard InChI is InChI=1S/C18H24N2O2S/c21-17-16(23-18(22)20-17)11-13-7-9-14(10-8-13)12-19-15-5-3-1-2-4-6-15/h7-10,15,19,21H,1-6,11-12H2,(H,20,22). The fraction of sp³-hybridized carbons (Fsp3) is 0.500. The van der Waals surface area contributed by atoms with Crippen LogP contribution in [0.25, 0.3) is 0 Å². The summed E-state index contributed by atoms with van der Waals surface area (Å²) in [7, 11) is 0. The van der Waals surface area contributed by atoms with Crippen LogP contribution in [0.5, 0.6) is 5.88 Å². The number of benzene rings is 1. The van der Waals surface area contributed by atoms with Gasteiger partial charge < -0.3 is 10.4 Å². The third-order valence-corrected chi connectivity index (χ3v) is 5.41. The Kier molecular flexibility index (Phi) is 5.51. The molecule has 0 unspecified atom stereocenters. The van der Waals surface area contributed by atoms with Gasteiger partial charge in [0, 0.05) is 19.0 Å². The van der Waals surface area contributed by atoms with Crippen LogP contribution < -0.4 is 10.2 Å². The van der Waals surface area contributed by atoms with Gasteiger partial charge in [0.25, 0.3) is 0 Å². The van der Waals surface area contributed by atoms with Crippen LogP contribution in [0, 0.1) is 0 Å². The minimum absolute atomic E-state index is 0.000827. The number of aromatic amines is 1. The Bertz CT molecular complexity index is 667. The zero-order valence-electron chi connectivity index (χ0n) is 13.3. The van der Waals surface area contributed by atoms with Crippen molar-refractivity contribution in [2.75, 3.05) is 0 Å². The maximum atomic E-state index is 11.2. The summed E-state index contributed by atoms with van der Waals surface area (Å²) in [6.45, 7) is 0.910. The molecule has 1 heterocycles. The smallest absolute Gasteiger partial charge is 0.307 e. The van der Waals surface area contributed by atoms with Gasteiger partial charge in [-0.05, 0) is 24.0 Å². The highest BCUT2D eigenvalue weighted by atomic mass is 32.1. The molecule has 0 spiro atoms. The van der Waals surface area contributed by atoms with E-state index in [0.717, 1.165) is 23.4 Å². The second kappa shape index (κ2) is 7.79. The van der Waals surface area contributed by atoms with Gasteiger partial charge in [0.1, 0.15) is 0 Å². The molecular formula is C18H24N2O2S. The molecule has 0 atom stereocenters. The van der Waals surface area contributed by atoms with Crippen LogP contribution in [-0.2, 0) is 13.0 Å². The highest BCUT2D eigenvalue weighted by molar-refractivity contribution is 7.09. The van der Waals surface area contributed by atoms with Gasteiger partial charge in [-0.25, -0.2) is 0 Å². The molecule has 1 aromatic carbocycles. The second-order valence-electron chi connectivity index (χ2n) is 6.35. The Labute approximate surface area is 140 Å². The molecular weight excluding hydrogens is 308 g/mol. The largest absolute Gasteiger partial charge is 0.494 e. The van der Waals surface area contributed by atoms with Crippen molar-refractivity contribution in [1.29, 1.82) is 0 Å². The minimum atomic E-state index is -0.207. The lowest BCUT2D eigenvalue weighted by Crippen LogP contribution is -2.27. The lowest BCUT2D eigenvalue weighted by atomic mass is 10.1. The number of aromatic nitrogens is 1. The van der Waals surface area contributed by atoms with Gasteiger partial charge in [-0.2, -0.15) is 0 Å². The highest BCUT2D eigenvalue weighted by Crippen LogP contribution is 2.21. The van der Waals surface area contributed by atoms with Gasteiger partial charge in [0.2, 0.25) is 5.88 Å². The predicted molar refractivity (Wildman–Crippen MR) is 94.2 cm³/mol. The molecule has 4 nitrogen and oxygen atoms in total. The highest BCUT2D eigenvalue weighted by Gasteiger charge is 2.11. The molecule has 2 aromatic rings. The summed E-state index contributed by atoms with van der Waals surface area (Å²) in [5.74, 6) is -0.000827. The summed E-state index contributed by atoms with van der Waals surface area (Å²) in [4.78, 5) is 14.1. The molecule has 0 amide bonds. The van der Waals surface area contributed by atoms with E-state index < -0.39 is 0 Å². The zero-order valence-corrected chi connectivity index (χ0v) is 14.1. The number of nitrogens with one attached hydrogen (secondary N) is 2. The van der Waals surface area contributed by atoms with Crippen molar-refractivity contribution in [3.63, 3.8) is 0 Å². The van der Waals surface area contributed by atoms with Gasteiger partial charge in [0.15, 0.2) is 0 Å². The van der Waals surface area contributed by atoms with Crippen molar-refractivity contribution >= 4 is 11.3 Å². The van der Waals surface area contributed by atoms with Crippen LogP contribution in [0.3, 0.4) is 0 Å². The van der Waals surface area contributed by atoms with Crippen molar-refractivity contribution in [2.24, 2.45) is 0 Å². The molecule has 1 aromatic heterocycles. The SMILES string of the molecule is O=c1[nH]c(O)c(Cc2ccc(CNC3CCCCCC3)cc2)s1. The van der Waals surface area contributed by atoms with Crippen molar-refractivity contribution < 1.29 is 5.11 Å². The predicted octanol–water partition coefficient (Wildman–Crippen LogP) is 3.55. The number of H-pyrrole nitrogens is 1. The first-order chi connectivity index (χ1) is 11.2. The Morgan fingerprint density at radius 2 is 1.74 bits per heavy atom. The molecule has 0 saturated heterocycles. The third-order valence-electron chi connectivity index (χ3n) is 4.54. The van der Waals surface area contributed by atoms with Crippen LogP contribution in [-0.4, -0.2) is 16.1 Å². The molecule has 124 valence electrons. The normalized spacial score (nSPS) is 16.3. The Balaban J connectivity index is 1.54. The molecule has 3 rings (SSSR count). The van der Waals surface area contributed by atoms with Crippen LogP contribution in [0.1, 0.15) is 54.5 Å². The summed E-state index contributed by atoms with van der Waals surface area (Å²) in [5, 5.41) is 13.3. The van der Waals surface area contributed by atoms with Crippen LogP contribution in [0.2, 0.25) is 0 Å². The summed E-state index contributed by atoms with van der Waals surface area (Å²) in [6, 6.07) is 9.07. The Hall–Kier alpha value is -1.59. The molecule has 0 radical (unpaired) electrons. The van der Waals surface area contributed by atoms with Crippen molar-refractivity contribution in [1.82, 2.24) is 10.3 Å². The van der Waals surface area contributed by atoms with Gasteiger partial charge >= 0.3 is 4.87 Å². The molecule has 1 aliphatic rings. The van der Waals surface area contributed by atoms with E-state index in [4.69, 9.17) is 0 Å². The summed E-state index contributed by atoms with van der Waals surface area (Å²) >= 11 is 1.07. The van der Waals surface area contributed by atoms with Crippen LogP contribution >= 0.6 is 11.3 Å². The average molecular weight is 332 g/mol. The maximum Gasteiger partial charge on any atom is 0.307 e. The maximum absolute atomic E-state index is 11.2. The van der Waals surface area contributed by atoms with Gasteiger partial charge in [-0.15, -0.1) is 0 Å². The van der Waals surface area contributed by atoms with Crippen LogP contribution in [0.15, 0.2) is 29.1 Å². The summed E-state index contributed by atoms with van der Waals surface area (Å²) < 4.78 is 0. The van der Waals surface area contributed by atoms with Crippen molar-refractivity contribution in [2.45, 2.75) is 57.5 Å². The summed E-state index contributed by atoms with van der Waals surface area (Å²) in [5.41, 5.74) is 2.39. The molecule has 23 heavy (non-hydrogen) atoms. The summed E-state index contributed by atoms with van der Waals surface area (Å²) in [6.07, 6.45) is 8.63. The number of rotatable bonds is 5. The number of aromatic hydroxyl groups is 1. The average Bonchev–Trinajstić information content (AvgIpc) is 2.75. The zero-order chi connectivity index (χ0) is 16.1. The topological polar surface area (TPSA) is 65.1 Å². The third kappa shape index (κ3) is 4.69. The van der Waals surface area contributed by atoms with Crippen LogP contribution in [0.4, 0.5) is 0 Å². The first kappa shape index (κ1) is 16.3. The molecule has 1 fully saturated rings. The first-order valence-electron chi connectivity index (χ1n) is 8.43. The molecule has 5 heteroatoms. The molecule has 0 bridgehead atoms. The number of hydrogen-bond donors (Lipinski definition) is 3. The van der Waals surface area contributed by atoms with E-state index in [1.54, 1.807) is 0 Å². The molecule has 0 aliphatic heterocycles. The number of thiazole rings is 1. The van der Waals surface area contributed by atoms with E-state index in [1.165, 1.54) is 44.1 Å². The van der Waals surface area contributed by atoms with E-state index in [0.29, 0.717) is 17.3 Å². The van der Waals surface area contributed by atoms with Crippen molar-refractivity contribution in [3.8, 4) is 5.88 Å². The Morgan fingerprint density at radius 3 is 2.35 bits per heavy atom. The Morgan fingerprint density at radius 1 is 1.09 bits per heavy atom. The van der Waals surface area contributed by atoms with Gasteiger partial charge in [-0.3, -0.25) is 9.78 Å². The second-order valence-corrected chi connectivity index (χ2v) is 7.42. The van der Waals surface area contributed by atoms with Gasteiger partial charge in [0.05, 0.1) is 4.88 Å². The van der Waals surface area contributed by atoms with Crippen molar-refractivity contribution in [3.05, 3.63) is 49.9 Å². The van der Waals surface area contributed by atoms with E-state index >= 15 is 0 Å². The molecule has 1 aliphatic carbocycles. The molecule has 1 saturated carbocycles. The fourth-order valence-electron chi connectivity index (χ4n) is 3.18. The number of hydrogen-bond acceptors (Lipinski definition) is 4. The monoisotopic (exact) mass is 332 g/mol. The van der Waals surface area contributed by atoms with E-state index in [1.807, 2.05) is 0 Å². The van der Waals surface area contributed by atoms with Gasteiger partial charge in [-0.1, -0.05) is 61.3 Å². The van der Waals surface area contributed by atoms with E-state index in [-0.39, 0.29) is 10.8 Å². The lowest BCUT2D eigenvalue weighted by Gasteiger charge is -2.16. The van der Waals surface area contributed by atoms with E-state index in [2.05, 4.69) is 34.6 Å². The lowest BCUT2D eigenvalue weighted by molar-refractivity contribution is 0.451. The first-order valence-corrected chi connectivity index (χ1v) is 9.24. The molecule has 3 N–H and O–H groups in total. The fourth-order valence-corrected chi connectivity index (χ4v) is 3.94. The quantitative estimate of drug-likeness (QED) is 0.734. The minimum Gasteiger partial charge on any atom is -0.494 e.